The molecule has 3 N–H and O–H groups in total. The monoisotopic (exact) mass is 833 g/mol. The van der Waals surface area contributed by atoms with Crippen LogP contribution in [0.1, 0.15) is 34.0 Å². The van der Waals surface area contributed by atoms with E-state index >= 15 is 0 Å². The molecule has 3 aliphatic heterocycles. The van der Waals surface area contributed by atoms with E-state index in [9.17, 15) is 5.26 Å². The van der Waals surface area contributed by atoms with Gasteiger partial charge in [-0.25, -0.2) is 0 Å². The number of dihydropyridines is 1. The van der Waals surface area contributed by atoms with Crippen LogP contribution in [-0.4, -0.2) is 12.6 Å². The van der Waals surface area contributed by atoms with Gasteiger partial charge < -0.3 is 15.5 Å². The van der Waals surface area contributed by atoms with Crippen molar-refractivity contribution < 1.29 is 0 Å². The number of fused-ring (bicyclic) bond motifs is 5. The van der Waals surface area contributed by atoms with Gasteiger partial charge in [0, 0.05) is 17.9 Å². The zero-order chi connectivity index (χ0) is 43.3. The quantitative estimate of drug-likeness (QED) is 0.146. The molecule has 9 aromatic rings. The minimum Gasteiger partial charge on any atom is -0.387 e. The zero-order valence-corrected chi connectivity index (χ0v) is 35.5. The molecule has 65 heavy (non-hydrogen) atoms. The maximum Gasteiger partial charge on any atom is 0.105 e. The molecule has 12 rings (SSSR count). The average molecular weight is 834 g/mol. The Morgan fingerprint density at radius 1 is 0.538 bits per heavy atom. The zero-order valence-electron chi connectivity index (χ0n) is 35.5. The largest absolute Gasteiger partial charge is 0.387 e. The normalized spacial score (nSPS) is 16.4. The summed E-state index contributed by atoms with van der Waals surface area (Å²) < 4.78 is 0. The van der Waals surface area contributed by atoms with Crippen LogP contribution in [0.15, 0.2) is 212 Å². The lowest BCUT2D eigenvalue weighted by Gasteiger charge is -2.34. The molecule has 0 amide bonds. The molecule has 0 radical (unpaired) electrons. The maximum atomic E-state index is 9.53. The van der Waals surface area contributed by atoms with Crippen molar-refractivity contribution in [3.05, 3.63) is 240 Å². The number of nitrogens with zero attached hydrogens (tertiary/aromatic N) is 2. The molecule has 2 unspecified atom stereocenters. The van der Waals surface area contributed by atoms with Crippen molar-refractivity contribution in [3.63, 3.8) is 0 Å². The van der Waals surface area contributed by atoms with Crippen molar-refractivity contribution in [2.24, 2.45) is 0 Å². The lowest BCUT2D eigenvalue weighted by atomic mass is 9.83. The minimum absolute atomic E-state index is 0.0238. The number of anilines is 3. The second-order valence-corrected chi connectivity index (χ2v) is 16.9. The van der Waals surface area contributed by atoms with Crippen LogP contribution in [0.4, 0.5) is 17.1 Å². The molecule has 3 aliphatic rings. The van der Waals surface area contributed by atoms with Gasteiger partial charge in [-0.2, -0.15) is 5.26 Å². The summed E-state index contributed by atoms with van der Waals surface area (Å²) >= 11 is 0. The molecule has 0 saturated heterocycles. The van der Waals surface area contributed by atoms with Gasteiger partial charge >= 0.3 is 0 Å². The van der Waals surface area contributed by atoms with Crippen molar-refractivity contribution in [3.8, 4) is 28.3 Å². The highest BCUT2D eigenvalue weighted by Crippen LogP contribution is 2.48. The van der Waals surface area contributed by atoms with Crippen LogP contribution in [0.25, 0.3) is 72.4 Å². The molecule has 308 valence electrons. The molecule has 9 aromatic carbocycles. The van der Waals surface area contributed by atoms with Gasteiger partial charge in [0.25, 0.3) is 0 Å². The van der Waals surface area contributed by atoms with E-state index in [0.717, 1.165) is 40.4 Å². The van der Waals surface area contributed by atoms with Crippen molar-refractivity contribution in [2.45, 2.75) is 12.2 Å². The fraction of sp³-hybridized carbons (Fsp3) is 0.0500. The summed E-state index contributed by atoms with van der Waals surface area (Å²) in [5, 5.41) is 27.9. The molecule has 3 heterocycles. The Morgan fingerprint density at radius 3 is 1.89 bits per heavy atom. The van der Waals surface area contributed by atoms with E-state index in [1.54, 1.807) is 0 Å². The minimum atomic E-state index is -0.192. The summed E-state index contributed by atoms with van der Waals surface area (Å²) in [5.41, 5.74) is 15.7. The predicted molar refractivity (Wildman–Crippen MR) is 271 cm³/mol. The summed E-state index contributed by atoms with van der Waals surface area (Å²) in [6.45, 7) is 0.783. The summed E-state index contributed by atoms with van der Waals surface area (Å²) in [5.74, 6) is 0. The summed E-state index contributed by atoms with van der Waals surface area (Å²) in [6.07, 6.45) is 13.0. The van der Waals surface area contributed by atoms with Gasteiger partial charge in [-0.1, -0.05) is 158 Å². The second kappa shape index (κ2) is 16.0. The van der Waals surface area contributed by atoms with Crippen LogP contribution in [0, 0.1) is 11.3 Å². The van der Waals surface area contributed by atoms with Gasteiger partial charge in [-0.15, -0.1) is 0 Å². The Balaban J connectivity index is 1.01. The lowest BCUT2D eigenvalue weighted by Crippen LogP contribution is -2.44. The Bertz CT molecular complexity index is 3460. The molecule has 0 bridgehead atoms. The number of nitrogens with one attached hydrogen (secondary N) is 3. The molecule has 0 fully saturated rings. The van der Waals surface area contributed by atoms with E-state index in [4.69, 9.17) is 0 Å². The van der Waals surface area contributed by atoms with Crippen molar-refractivity contribution in [1.82, 2.24) is 16.0 Å². The van der Waals surface area contributed by atoms with E-state index in [-0.39, 0.29) is 12.2 Å². The molecule has 0 aromatic heterocycles. The number of hydrogen-bond acceptors (Lipinski definition) is 5. The highest BCUT2D eigenvalue weighted by molar-refractivity contribution is 6.24. The smallest absolute Gasteiger partial charge is 0.105 e. The van der Waals surface area contributed by atoms with Crippen molar-refractivity contribution >= 4 is 67.2 Å². The summed E-state index contributed by atoms with van der Waals surface area (Å²) in [6, 6.07) is 67.7. The SMILES string of the molecule is N#Cc1ccc(C2=CC(C3=CCNC=C3)NC(c3ccc(-c4c5ccccc5c(-c5ccc6c(c5)C=Cc5ccccc5N6c5ccccc5)c5ccccc45)c4ccccc34)N2)cc1. The first-order valence-electron chi connectivity index (χ1n) is 22.3. The number of rotatable bonds is 6. The molecular weight excluding hydrogens is 791 g/mol. The molecule has 0 spiro atoms. The van der Waals surface area contributed by atoms with Crippen LogP contribution < -0.4 is 20.9 Å². The Morgan fingerprint density at radius 2 is 1.17 bits per heavy atom. The highest BCUT2D eigenvalue weighted by Gasteiger charge is 2.28. The average Bonchev–Trinajstić information content (AvgIpc) is 3.55. The molecule has 2 atom stereocenters. The Hall–Kier alpha value is -8.43. The van der Waals surface area contributed by atoms with E-state index in [1.807, 2.05) is 30.5 Å². The van der Waals surface area contributed by atoms with Gasteiger partial charge in [-0.05, 0) is 143 Å². The summed E-state index contributed by atoms with van der Waals surface area (Å²) in [7, 11) is 0. The molecule has 0 saturated carbocycles. The van der Waals surface area contributed by atoms with Gasteiger partial charge in [-0.3, -0.25) is 5.32 Å². The molecular formula is C60H43N5. The van der Waals surface area contributed by atoms with E-state index < -0.39 is 0 Å². The molecule has 5 heteroatoms. The molecule has 5 nitrogen and oxygen atoms in total. The fourth-order valence-electron chi connectivity index (χ4n) is 10.2. The third kappa shape index (κ3) is 6.67. The summed E-state index contributed by atoms with van der Waals surface area (Å²) in [4.78, 5) is 2.38. The number of hydrogen-bond donors (Lipinski definition) is 3. The van der Waals surface area contributed by atoms with Gasteiger partial charge in [0.1, 0.15) is 6.17 Å². The van der Waals surface area contributed by atoms with Gasteiger partial charge in [0.15, 0.2) is 0 Å². The van der Waals surface area contributed by atoms with E-state index in [0.29, 0.717) is 5.56 Å². The number of nitriles is 1. The van der Waals surface area contributed by atoms with Crippen LogP contribution in [-0.2, 0) is 0 Å². The van der Waals surface area contributed by atoms with Crippen molar-refractivity contribution in [1.29, 1.82) is 5.26 Å². The molecule has 0 aliphatic carbocycles. The van der Waals surface area contributed by atoms with Crippen LogP contribution >= 0.6 is 0 Å². The fourth-order valence-corrected chi connectivity index (χ4v) is 10.2. The topological polar surface area (TPSA) is 63.1 Å². The Labute approximate surface area is 378 Å². The van der Waals surface area contributed by atoms with Crippen LogP contribution in [0.5, 0.6) is 0 Å². The number of para-hydroxylation sites is 2. The van der Waals surface area contributed by atoms with E-state index in [1.165, 1.54) is 71.3 Å². The first-order valence-corrected chi connectivity index (χ1v) is 22.3. The van der Waals surface area contributed by atoms with E-state index in [2.05, 4.69) is 215 Å². The van der Waals surface area contributed by atoms with Crippen LogP contribution in [0.3, 0.4) is 0 Å². The van der Waals surface area contributed by atoms with Crippen molar-refractivity contribution in [2.75, 3.05) is 11.4 Å². The predicted octanol–water partition coefficient (Wildman–Crippen LogP) is 13.9. The highest BCUT2D eigenvalue weighted by atomic mass is 15.2. The standard InChI is InChI=1S/C60H43N5/c61-38-39-22-24-40(25-23-39)54-37-55(41-32-34-62-35-33-41)64-60(63-54)53-30-29-52(46-15-5-6-16-47(46)53)59-50-19-9-7-17-48(50)58(49-18-8-10-20-51(49)59)44-28-31-57-43(36-44)27-26-42-12-4-11-21-56(42)65(57)45-13-2-1-3-14-45/h1-34,36-37,55,60,62-64H,35H2. The van der Waals surface area contributed by atoms with Gasteiger partial charge in [0.2, 0.25) is 0 Å². The second-order valence-electron chi connectivity index (χ2n) is 16.9. The first-order chi connectivity index (χ1) is 32.2. The van der Waals surface area contributed by atoms with Crippen LogP contribution in [0.2, 0.25) is 0 Å². The first kappa shape index (κ1) is 38.3. The Kier molecular flexibility index (Phi) is 9.44. The third-order valence-corrected chi connectivity index (χ3v) is 13.2. The lowest BCUT2D eigenvalue weighted by molar-refractivity contribution is 0.465. The third-order valence-electron chi connectivity index (χ3n) is 13.2. The van der Waals surface area contributed by atoms with Gasteiger partial charge in [0.05, 0.1) is 29.0 Å². The maximum absolute atomic E-state index is 9.53. The number of benzene rings is 9.